The summed E-state index contributed by atoms with van der Waals surface area (Å²) in [6.07, 6.45) is 5.47. The molecule has 0 aromatic heterocycles. The molecule has 2 N–H and O–H groups in total. The van der Waals surface area contributed by atoms with Gasteiger partial charge >= 0.3 is 23.0 Å². The summed E-state index contributed by atoms with van der Waals surface area (Å²) >= 11 is 0.655. The van der Waals surface area contributed by atoms with Crippen molar-refractivity contribution in [3.8, 4) is 0 Å². The Morgan fingerprint density at radius 1 is 1.28 bits per heavy atom. The van der Waals surface area contributed by atoms with Crippen molar-refractivity contribution in [3.05, 3.63) is 34.6 Å². The van der Waals surface area contributed by atoms with Crippen LogP contribution < -0.4 is 5.32 Å². The fourth-order valence-corrected chi connectivity index (χ4v) is 2.47. The van der Waals surface area contributed by atoms with Crippen molar-refractivity contribution in [2.75, 3.05) is 13.2 Å². The first-order valence-corrected chi connectivity index (χ1v) is 8.37. The lowest BCUT2D eigenvalue weighted by atomic mass is 10.2. The molecule has 0 unspecified atom stereocenters. The lowest BCUT2D eigenvalue weighted by Gasteiger charge is -2.14. The largest absolute Gasteiger partial charge is 0.492 e. The first-order valence-electron chi connectivity index (χ1n) is 7.55. The standard InChI is InChI=1S/C16H19NO7S/c1-3-8-24-12-7-5-6-10(25-16(22)15(21)23-4-2)9-11(12)17-13(18)14(19)20/h5-7H,3-4,8-9H2,1-2H3,(H,17,18)(H,19,20). The first-order chi connectivity index (χ1) is 11.9. The molecule has 0 heterocycles. The van der Waals surface area contributed by atoms with Gasteiger partial charge in [0.2, 0.25) is 0 Å². The van der Waals surface area contributed by atoms with Crippen molar-refractivity contribution in [2.24, 2.45) is 0 Å². The Balaban J connectivity index is 2.95. The molecule has 0 spiro atoms. The van der Waals surface area contributed by atoms with Crippen LogP contribution in [0.2, 0.25) is 0 Å². The van der Waals surface area contributed by atoms with Gasteiger partial charge in [-0.1, -0.05) is 19.1 Å². The summed E-state index contributed by atoms with van der Waals surface area (Å²) < 4.78 is 10.1. The molecule has 136 valence electrons. The lowest BCUT2D eigenvalue weighted by Crippen LogP contribution is -2.31. The molecule has 0 fully saturated rings. The van der Waals surface area contributed by atoms with E-state index in [4.69, 9.17) is 9.84 Å². The maximum atomic E-state index is 11.8. The number of allylic oxidation sites excluding steroid dienone is 4. The zero-order valence-electron chi connectivity index (χ0n) is 13.9. The van der Waals surface area contributed by atoms with Crippen molar-refractivity contribution in [2.45, 2.75) is 26.7 Å². The molecule has 1 aliphatic carbocycles. The number of esters is 1. The maximum Gasteiger partial charge on any atom is 0.394 e. The van der Waals surface area contributed by atoms with Gasteiger partial charge in [-0.15, -0.1) is 0 Å². The van der Waals surface area contributed by atoms with Crippen molar-refractivity contribution in [1.29, 1.82) is 0 Å². The van der Waals surface area contributed by atoms with E-state index in [9.17, 15) is 19.2 Å². The van der Waals surface area contributed by atoms with Gasteiger partial charge in [0.05, 0.1) is 18.9 Å². The number of thioether (sulfide) groups is 1. The van der Waals surface area contributed by atoms with Gasteiger partial charge in [-0.3, -0.25) is 9.59 Å². The normalized spacial score (nSPS) is 13.6. The predicted molar refractivity (Wildman–Crippen MR) is 90.1 cm³/mol. The third-order valence-electron chi connectivity index (χ3n) is 2.76. The second-order valence-electron chi connectivity index (χ2n) is 4.73. The molecular weight excluding hydrogens is 350 g/mol. The molecule has 0 bridgehead atoms. The second kappa shape index (κ2) is 10.3. The number of amides is 1. The third kappa shape index (κ3) is 6.84. The van der Waals surface area contributed by atoms with Crippen LogP contribution in [-0.4, -0.2) is 41.3 Å². The minimum Gasteiger partial charge on any atom is -0.492 e. The van der Waals surface area contributed by atoms with E-state index in [1.807, 2.05) is 6.92 Å². The van der Waals surface area contributed by atoms with Crippen LogP contribution in [0.25, 0.3) is 0 Å². The molecule has 1 aliphatic rings. The molecule has 0 radical (unpaired) electrons. The van der Waals surface area contributed by atoms with E-state index >= 15 is 0 Å². The number of carbonyl (C=O) groups is 4. The van der Waals surface area contributed by atoms with Gasteiger partial charge in [0.15, 0.2) is 0 Å². The van der Waals surface area contributed by atoms with Crippen molar-refractivity contribution in [3.63, 3.8) is 0 Å². The van der Waals surface area contributed by atoms with Crippen LogP contribution in [0.3, 0.4) is 0 Å². The van der Waals surface area contributed by atoms with E-state index in [1.54, 1.807) is 25.2 Å². The van der Waals surface area contributed by atoms with Crippen LogP contribution in [0.4, 0.5) is 0 Å². The van der Waals surface area contributed by atoms with Gasteiger partial charge in [-0.25, -0.2) is 9.59 Å². The smallest absolute Gasteiger partial charge is 0.394 e. The molecule has 1 rings (SSSR count). The van der Waals surface area contributed by atoms with Crippen molar-refractivity contribution < 1.29 is 33.8 Å². The Hall–Kier alpha value is -2.55. The molecule has 8 nitrogen and oxygen atoms in total. The Morgan fingerprint density at radius 3 is 2.60 bits per heavy atom. The number of ether oxygens (including phenoxy) is 2. The SMILES string of the molecule is CCCOC1=C(NC(=O)C(=O)O)CC(SC(=O)C(=O)OCC)=CC=C1. The average molecular weight is 369 g/mol. The van der Waals surface area contributed by atoms with Crippen LogP contribution in [0.5, 0.6) is 0 Å². The first kappa shape index (κ1) is 20.5. The van der Waals surface area contributed by atoms with E-state index in [0.717, 1.165) is 0 Å². The van der Waals surface area contributed by atoms with Crippen LogP contribution in [-0.2, 0) is 28.7 Å². The molecule has 0 aliphatic heterocycles. The monoisotopic (exact) mass is 369 g/mol. The zero-order chi connectivity index (χ0) is 18.8. The maximum absolute atomic E-state index is 11.8. The van der Waals surface area contributed by atoms with Crippen LogP contribution in [0.1, 0.15) is 26.7 Å². The van der Waals surface area contributed by atoms with Gasteiger partial charge in [0, 0.05) is 6.42 Å². The molecule has 0 saturated carbocycles. The average Bonchev–Trinajstić information content (AvgIpc) is 2.74. The number of hydrogen-bond acceptors (Lipinski definition) is 7. The summed E-state index contributed by atoms with van der Waals surface area (Å²) in [5.74, 6) is -3.53. The highest BCUT2D eigenvalue weighted by atomic mass is 32.2. The van der Waals surface area contributed by atoms with Crippen molar-refractivity contribution in [1.82, 2.24) is 5.32 Å². The summed E-state index contributed by atoms with van der Waals surface area (Å²) in [6.45, 7) is 3.94. The predicted octanol–water partition coefficient (Wildman–Crippen LogP) is 1.49. The van der Waals surface area contributed by atoms with E-state index < -0.39 is 23.0 Å². The fraction of sp³-hybridized carbons (Fsp3) is 0.375. The number of carbonyl (C=O) groups excluding carboxylic acids is 3. The quantitative estimate of drug-likeness (QED) is 0.534. The highest BCUT2D eigenvalue weighted by Gasteiger charge is 2.22. The minimum absolute atomic E-state index is 0.0287. The fourth-order valence-electron chi connectivity index (χ4n) is 1.73. The molecule has 1 amide bonds. The van der Waals surface area contributed by atoms with Crippen molar-refractivity contribution >= 4 is 34.7 Å². The molecule has 0 atom stereocenters. The van der Waals surface area contributed by atoms with Crippen LogP contribution in [0, 0.1) is 0 Å². The Labute approximate surface area is 148 Å². The Kier molecular flexibility index (Phi) is 8.48. The third-order valence-corrected chi connectivity index (χ3v) is 3.66. The van der Waals surface area contributed by atoms with Gasteiger partial charge in [0.25, 0.3) is 0 Å². The summed E-state index contributed by atoms with van der Waals surface area (Å²) in [4.78, 5) is 45.9. The van der Waals surface area contributed by atoms with E-state index in [-0.39, 0.29) is 18.7 Å². The number of carboxylic acids is 1. The van der Waals surface area contributed by atoms with E-state index in [0.29, 0.717) is 35.5 Å². The summed E-state index contributed by atoms with van der Waals surface area (Å²) in [6, 6.07) is 0. The molecule has 9 heteroatoms. The zero-order valence-corrected chi connectivity index (χ0v) is 14.7. The van der Waals surface area contributed by atoms with E-state index in [1.165, 1.54) is 0 Å². The Bertz CT molecular complexity index is 649. The second-order valence-corrected chi connectivity index (χ2v) is 5.83. The van der Waals surface area contributed by atoms with Crippen LogP contribution >= 0.6 is 11.8 Å². The number of rotatable bonds is 6. The highest BCUT2D eigenvalue weighted by Crippen LogP contribution is 2.28. The highest BCUT2D eigenvalue weighted by molar-refractivity contribution is 8.18. The summed E-state index contributed by atoms with van der Waals surface area (Å²) in [5, 5.41) is 10.2. The molecular formula is C16H19NO7S. The van der Waals surface area contributed by atoms with E-state index in [2.05, 4.69) is 10.1 Å². The summed E-state index contributed by atoms with van der Waals surface area (Å²) in [5.41, 5.74) is 0.199. The van der Waals surface area contributed by atoms with Gasteiger partial charge in [-0.2, -0.15) is 0 Å². The van der Waals surface area contributed by atoms with Crippen LogP contribution in [0.15, 0.2) is 34.6 Å². The minimum atomic E-state index is -1.64. The number of nitrogens with one attached hydrogen (secondary N) is 1. The molecule has 0 aromatic rings. The number of hydrogen-bond donors (Lipinski definition) is 2. The topological polar surface area (TPSA) is 119 Å². The number of aliphatic carboxylic acids is 1. The molecule has 0 aromatic carbocycles. The molecule has 0 saturated heterocycles. The molecule has 25 heavy (non-hydrogen) atoms. The van der Waals surface area contributed by atoms with Gasteiger partial charge in [-0.05, 0) is 36.1 Å². The Morgan fingerprint density at radius 2 is 2.00 bits per heavy atom. The summed E-state index contributed by atoms with van der Waals surface area (Å²) in [7, 11) is 0. The van der Waals surface area contributed by atoms with Gasteiger partial charge in [0.1, 0.15) is 5.76 Å². The lowest BCUT2D eigenvalue weighted by molar-refractivity contribution is -0.149. The number of carboxylic acid groups (broad SMARTS) is 1. The van der Waals surface area contributed by atoms with Gasteiger partial charge < -0.3 is 19.9 Å².